The number of aryl methyl sites for hydroxylation is 1. The molecule has 2 N–H and O–H groups in total. The molecular weight excluding hydrogens is 414 g/mol. The molecule has 2 aromatic rings. The lowest BCUT2D eigenvalue weighted by Gasteiger charge is -2.10. The van der Waals surface area contributed by atoms with Gasteiger partial charge in [-0.15, -0.1) is 0 Å². The maximum absolute atomic E-state index is 12.3. The molecule has 0 aromatic heterocycles. The first-order valence-corrected chi connectivity index (χ1v) is 8.88. The van der Waals surface area contributed by atoms with Gasteiger partial charge in [0, 0.05) is 22.8 Å². The van der Waals surface area contributed by atoms with Crippen molar-refractivity contribution in [3.05, 3.63) is 63.1 Å². The molecule has 4 amide bonds. The van der Waals surface area contributed by atoms with E-state index in [1.165, 1.54) is 25.2 Å². The number of anilines is 1. The molecule has 138 valence electrons. The van der Waals surface area contributed by atoms with Crippen molar-refractivity contribution in [1.29, 1.82) is 0 Å². The van der Waals surface area contributed by atoms with E-state index in [4.69, 9.17) is 0 Å². The van der Waals surface area contributed by atoms with Gasteiger partial charge in [-0.05, 0) is 48.9 Å². The second-order valence-corrected chi connectivity index (χ2v) is 7.04. The zero-order valence-corrected chi connectivity index (χ0v) is 16.2. The number of imide groups is 1. The average Bonchev–Trinajstić information content (AvgIpc) is 2.86. The average molecular weight is 430 g/mol. The quantitative estimate of drug-likeness (QED) is 0.729. The number of fused-ring (bicyclic) bond motifs is 1. The summed E-state index contributed by atoms with van der Waals surface area (Å²) in [5.41, 5.74) is 2.20. The molecule has 0 saturated carbocycles. The van der Waals surface area contributed by atoms with E-state index in [-0.39, 0.29) is 29.1 Å². The van der Waals surface area contributed by atoms with Gasteiger partial charge in [0.2, 0.25) is 5.91 Å². The van der Waals surface area contributed by atoms with Crippen molar-refractivity contribution in [3.63, 3.8) is 0 Å². The third-order valence-electron chi connectivity index (χ3n) is 4.22. The third kappa shape index (κ3) is 3.75. The lowest BCUT2D eigenvalue weighted by Crippen LogP contribution is -2.33. The second kappa shape index (κ2) is 7.32. The minimum atomic E-state index is -0.504. The minimum Gasteiger partial charge on any atom is -0.343 e. The van der Waals surface area contributed by atoms with Gasteiger partial charge in [0.05, 0.1) is 17.7 Å². The van der Waals surface area contributed by atoms with Gasteiger partial charge >= 0.3 is 0 Å². The Balaban J connectivity index is 1.64. The van der Waals surface area contributed by atoms with E-state index in [0.717, 1.165) is 14.9 Å². The van der Waals surface area contributed by atoms with Gasteiger partial charge in [-0.25, -0.2) is 0 Å². The lowest BCUT2D eigenvalue weighted by molar-refractivity contribution is -0.115. The monoisotopic (exact) mass is 429 g/mol. The van der Waals surface area contributed by atoms with Crippen LogP contribution in [0, 0.1) is 6.92 Å². The van der Waals surface area contributed by atoms with Crippen LogP contribution in [0.2, 0.25) is 0 Å². The number of rotatable bonds is 4. The highest BCUT2D eigenvalue weighted by molar-refractivity contribution is 9.10. The van der Waals surface area contributed by atoms with Crippen LogP contribution in [-0.2, 0) is 4.79 Å². The number of hydrogen-bond donors (Lipinski definition) is 2. The molecule has 8 heteroatoms. The molecule has 2 aromatic carbocycles. The van der Waals surface area contributed by atoms with Crippen molar-refractivity contribution >= 4 is 45.2 Å². The van der Waals surface area contributed by atoms with E-state index in [9.17, 15) is 19.2 Å². The van der Waals surface area contributed by atoms with E-state index in [1.807, 2.05) is 13.0 Å². The van der Waals surface area contributed by atoms with Crippen LogP contribution in [0.5, 0.6) is 0 Å². The SMILES string of the molecule is Cc1cc(Br)ccc1NC(=O)CNC(=O)c1ccc2c(c1)C(=O)N(C)C2=O. The van der Waals surface area contributed by atoms with Crippen molar-refractivity contribution in [1.82, 2.24) is 10.2 Å². The highest BCUT2D eigenvalue weighted by atomic mass is 79.9. The van der Waals surface area contributed by atoms with Crippen LogP contribution in [0.3, 0.4) is 0 Å². The Labute approximate surface area is 163 Å². The van der Waals surface area contributed by atoms with Gasteiger partial charge < -0.3 is 10.6 Å². The van der Waals surface area contributed by atoms with Crippen LogP contribution in [0.1, 0.15) is 36.6 Å². The Hall–Kier alpha value is -3.00. The Morgan fingerprint density at radius 3 is 2.44 bits per heavy atom. The fourth-order valence-corrected chi connectivity index (χ4v) is 3.20. The highest BCUT2D eigenvalue weighted by Crippen LogP contribution is 2.23. The summed E-state index contributed by atoms with van der Waals surface area (Å²) in [6.07, 6.45) is 0. The number of carbonyl (C=O) groups is 4. The molecule has 0 radical (unpaired) electrons. The molecule has 0 aliphatic carbocycles. The molecule has 0 atom stereocenters. The summed E-state index contributed by atoms with van der Waals surface area (Å²) < 4.78 is 0.904. The first-order chi connectivity index (χ1) is 12.8. The molecule has 27 heavy (non-hydrogen) atoms. The van der Waals surface area contributed by atoms with Gasteiger partial charge in [0.25, 0.3) is 17.7 Å². The molecular formula is C19H16BrN3O4. The second-order valence-electron chi connectivity index (χ2n) is 6.12. The van der Waals surface area contributed by atoms with E-state index in [2.05, 4.69) is 26.6 Å². The largest absolute Gasteiger partial charge is 0.343 e. The maximum Gasteiger partial charge on any atom is 0.261 e. The summed E-state index contributed by atoms with van der Waals surface area (Å²) in [5, 5.41) is 5.23. The standard InChI is InChI=1S/C19H16BrN3O4/c1-10-7-12(20)4-6-15(10)22-16(24)9-21-17(25)11-3-5-13-14(8-11)19(27)23(2)18(13)26/h3-8H,9H2,1-2H3,(H,21,25)(H,22,24). The molecule has 0 bridgehead atoms. The topological polar surface area (TPSA) is 95.6 Å². The third-order valence-corrected chi connectivity index (χ3v) is 4.72. The zero-order chi connectivity index (χ0) is 19.7. The number of nitrogens with one attached hydrogen (secondary N) is 2. The smallest absolute Gasteiger partial charge is 0.261 e. The Kier molecular flexibility index (Phi) is 5.09. The van der Waals surface area contributed by atoms with Gasteiger partial charge in [0.1, 0.15) is 0 Å². The Morgan fingerprint density at radius 2 is 1.74 bits per heavy atom. The van der Waals surface area contributed by atoms with Crippen molar-refractivity contribution in [3.8, 4) is 0 Å². The molecule has 0 saturated heterocycles. The fourth-order valence-electron chi connectivity index (χ4n) is 2.73. The molecule has 0 fully saturated rings. The lowest BCUT2D eigenvalue weighted by atomic mass is 10.1. The van der Waals surface area contributed by atoms with Gasteiger partial charge in [-0.3, -0.25) is 24.1 Å². The van der Waals surface area contributed by atoms with Gasteiger partial charge in [-0.2, -0.15) is 0 Å². The molecule has 0 unspecified atom stereocenters. The normalized spacial score (nSPS) is 12.8. The van der Waals surface area contributed by atoms with Crippen molar-refractivity contribution in [2.45, 2.75) is 6.92 Å². The predicted octanol–water partition coefficient (Wildman–Crippen LogP) is 2.35. The van der Waals surface area contributed by atoms with Crippen LogP contribution < -0.4 is 10.6 Å². The molecule has 1 aliphatic heterocycles. The Morgan fingerprint density at radius 1 is 1.04 bits per heavy atom. The molecule has 3 rings (SSSR count). The predicted molar refractivity (Wildman–Crippen MR) is 103 cm³/mol. The van der Waals surface area contributed by atoms with E-state index in [1.54, 1.807) is 12.1 Å². The minimum absolute atomic E-state index is 0.185. The van der Waals surface area contributed by atoms with Gasteiger partial charge in [-0.1, -0.05) is 15.9 Å². The number of carbonyl (C=O) groups excluding carboxylic acids is 4. The summed E-state index contributed by atoms with van der Waals surface area (Å²) in [6, 6.07) is 9.70. The van der Waals surface area contributed by atoms with E-state index in [0.29, 0.717) is 5.69 Å². The Bertz CT molecular complexity index is 987. The molecule has 0 spiro atoms. The summed E-state index contributed by atoms with van der Waals surface area (Å²) >= 11 is 3.35. The first kappa shape index (κ1) is 18.8. The number of nitrogens with zero attached hydrogens (tertiary/aromatic N) is 1. The summed E-state index contributed by atoms with van der Waals surface area (Å²) in [6.45, 7) is 1.64. The van der Waals surface area contributed by atoms with Crippen LogP contribution in [-0.4, -0.2) is 42.1 Å². The van der Waals surface area contributed by atoms with E-state index < -0.39 is 17.7 Å². The maximum atomic E-state index is 12.3. The zero-order valence-electron chi connectivity index (χ0n) is 14.6. The van der Waals surface area contributed by atoms with Crippen LogP contribution in [0.4, 0.5) is 5.69 Å². The van der Waals surface area contributed by atoms with Crippen molar-refractivity contribution in [2.75, 3.05) is 18.9 Å². The molecule has 1 aliphatic rings. The van der Waals surface area contributed by atoms with Crippen LogP contribution in [0.25, 0.3) is 0 Å². The van der Waals surface area contributed by atoms with Crippen LogP contribution >= 0.6 is 15.9 Å². The van der Waals surface area contributed by atoms with Gasteiger partial charge in [0.15, 0.2) is 0 Å². The number of halogens is 1. The number of amides is 4. The van der Waals surface area contributed by atoms with Crippen LogP contribution in [0.15, 0.2) is 40.9 Å². The number of hydrogen-bond acceptors (Lipinski definition) is 4. The van der Waals surface area contributed by atoms with Crippen molar-refractivity contribution < 1.29 is 19.2 Å². The fraction of sp³-hybridized carbons (Fsp3) is 0.158. The first-order valence-electron chi connectivity index (χ1n) is 8.08. The summed E-state index contributed by atoms with van der Waals surface area (Å²) in [5.74, 6) is -1.73. The summed E-state index contributed by atoms with van der Waals surface area (Å²) in [4.78, 5) is 49.2. The molecule has 1 heterocycles. The highest BCUT2D eigenvalue weighted by Gasteiger charge is 2.33. The van der Waals surface area contributed by atoms with Crippen molar-refractivity contribution in [2.24, 2.45) is 0 Å². The number of benzene rings is 2. The summed E-state index contributed by atoms with van der Waals surface area (Å²) in [7, 11) is 1.39. The molecule has 7 nitrogen and oxygen atoms in total. The van der Waals surface area contributed by atoms with E-state index >= 15 is 0 Å².